The highest BCUT2D eigenvalue weighted by atomic mass is 19.2. The molecule has 0 fully saturated rings. The summed E-state index contributed by atoms with van der Waals surface area (Å²) in [4.78, 5) is 0. The molecule has 1 rings (SSSR count). The van der Waals surface area contributed by atoms with Gasteiger partial charge in [-0.05, 0) is 30.9 Å². The smallest absolute Gasteiger partial charge is 0.162 e. The van der Waals surface area contributed by atoms with E-state index in [0.717, 1.165) is 6.42 Å². The van der Waals surface area contributed by atoms with Crippen LogP contribution >= 0.6 is 0 Å². The predicted octanol–water partition coefficient (Wildman–Crippen LogP) is 2.55. The molecule has 0 aliphatic rings. The van der Waals surface area contributed by atoms with Gasteiger partial charge in [-0.15, -0.1) is 0 Å². The van der Waals surface area contributed by atoms with Gasteiger partial charge in [-0.3, -0.25) is 0 Å². The zero-order valence-corrected chi connectivity index (χ0v) is 8.48. The van der Waals surface area contributed by atoms with Crippen molar-refractivity contribution in [1.29, 1.82) is 0 Å². The lowest BCUT2D eigenvalue weighted by Crippen LogP contribution is -2.22. The summed E-state index contributed by atoms with van der Waals surface area (Å²) in [6.45, 7) is 3.47. The van der Waals surface area contributed by atoms with Crippen molar-refractivity contribution in [2.45, 2.75) is 32.7 Å². The van der Waals surface area contributed by atoms with Gasteiger partial charge in [0.2, 0.25) is 0 Å². The van der Waals surface area contributed by atoms with Crippen molar-refractivity contribution >= 4 is 0 Å². The molecule has 1 aromatic carbocycles. The summed E-state index contributed by atoms with van der Waals surface area (Å²) in [6.07, 6.45) is 1.15. The number of rotatable bonds is 3. The molecule has 1 nitrogen and oxygen atoms in total. The summed E-state index contributed by atoms with van der Waals surface area (Å²) in [5.41, 5.74) is 6.37. The van der Waals surface area contributed by atoms with Crippen molar-refractivity contribution < 1.29 is 8.78 Å². The number of nitrogens with two attached hydrogens (primary N) is 1. The number of benzene rings is 1. The fourth-order valence-electron chi connectivity index (χ4n) is 1.27. The largest absolute Gasteiger partial charge is 0.327 e. The molecule has 0 heterocycles. The van der Waals surface area contributed by atoms with Gasteiger partial charge in [0.25, 0.3) is 0 Å². The van der Waals surface area contributed by atoms with E-state index in [-0.39, 0.29) is 6.04 Å². The van der Waals surface area contributed by atoms with Crippen LogP contribution in [0.3, 0.4) is 0 Å². The van der Waals surface area contributed by atoms with Crippen molar-refractivity contribution in [2.75, 3.05) is 0 Å². The monoisotopic (exact) mass is 199 g/mol. The van der Waals surface area contributed by atoms with Gasteiger partial charge >= 0.3 is 0 Å². The van der Waals surface area contributed by atoms with E-state index in [9.17, 15) is 8.78 Å². The van der Waals surface area contributed by atoms with Crippen molar-refractivity contribution in [3.8, 4) is 0 Å². The Kier molecular flexibility index (Phi) is 3.58. The Morgan fingerprint density at radius 3 is 2.50 bits per heavy atom. The lowest BCUT2D eigenvalue weighted by atomic mass is 10.0. The van der Waals surface area contributed by atoms with Crippen LogP contribution in [0, 0.1) is 18.6 Å². The van der Waals surface area contributed by atoms with Gasteiger partial charge in [-0.1, -0.05) is 19.1 Å². The molecule has 1 aromatic rings. The Morgan fingerprint density at radius 2 is 1.93 bits per heavy atom. The Morgan fingerprint density at radius 1 is 1.29 bits per heavy atom. The molecule has 1 atom stereocenters. The molecule has 0 aliphatic heterocycles. The standard InChI is InChI=1S/C11H15F2N/c1-3-9(14)6-8-5-4-7(2)10(12)11(8)13/h4-5,9H,3,6,14H2,1-2H3. The Hall–Kier alpha value is -0.960. The maximum absolute atomic E-state index is 13.3. The van der Waals surface area contributed by atoms with E-state index in [2.05, 4.69) is 0 Å². The topological polar surface area (TPSA) is 26.0 Å². The third kappa shape index (κ3) is 2.29. The first-order valence-electron chi connectivity index (χ1n) is 4.75. The molecule has 3 heteroatoms. The molecule has 78 valence electrons. The van der Waals surface area contributed by atoms with Gasteiger partial charge in [-0.25, -0.2) is 8.78 Å². The quantitative estimate of drug-likeness (QED) is 0.795. The van der Waals surface area contributed by atoms with Crippen LogP contribution in [0.2, 0.25) is 0 Å². The molecule has 0 radical (unpaired) electrons. The van der Waals surface area contributed by atoms with Gasteiger partial charge in [0.1, 0.15) is 0 Å². The van der Waals surface area contributed by atoms with Crippen LogP contribution in [0.5, 0.6) is 0 Å². The van der Waals surface area contributed by atoms with Gasteiger partial charge in [0.05, 0.1) is 0 Å². The summed E-state index contributed by atoms with van der Waals surface area (Å²) < 4.78 is 26.5. The molecule has 0 amide bonds. The van der Waals surface area contributed by atoms with E-state index in [1.165, 1.54) is 0 Å². The first-order chi connectivity index (χ1) is 6.56. The minimum Gasteiger partial charge on any atom is -0.327 e. The lowest BCUT2D eigenvalue weighted by molar-refractivity contribution is 0.487. The van der Waals surface area contributed by atoms with Gasteiger partial charge in [-0.2, -0.15) is 0 Å². The zero-order chi connectivity index (χ0) is 10.7. The molecule has 0 spiro atoms. The normalized spacial score (nSPS) is 12.9. The number of aryl methyl sites for hydroxylation is 1. The molecule has 0 aliphatic carbocycles. The molecule has 0 saturated carbocycles. The third-order valence-corrected chi connectivity index (χ3v) is 2.36. The van der Waals surface area contributed by atoms with E-state index in [1.54, 1.807) is 19.1 Å². The number of hydrogen-bond acceptors (Lipinski definition) is 1. The van der Waals surface area contributed by atoms with E-state index in [0.29, 0.717) is 17.5 Å². The average molecular weight is 199 g/mol. The van der Waals surface area contributed by atoms with E-state index < -0.39 is 11.6 Å². The highest BCUT2D eigenvalue weighted by molar-refractivity contribution is 5.26. The summed E-state index contributed by atoms with van der Waals surface area (Å²) in [7, 11) is 0. The first-order valence-corrected chi connectivity index (χ1v) is 4.75. The third-order valence-electron chi connectivity index (χ3n) is 2.36. The highest BCUT2D eigenvalue weighted by Crippen LogP contribution is 2.17. The lowest BCUT2D eigenvalue weighted by Gasteiger charge is -2.10. The molecule has 0 bridgehead atoms. The summed E-state index contributed by atoms with van der Waals surface area (Å²) in [6, 6.07) is 3.07. The molecular weight excluding hydrogens is 184 g/mol. The Labute approximate surface area is 82.9 Å². The summed E-state index contributed by atoms with van der Waals surface area (Å²) >= 11 is 0. The van der Waals surface area contributed by atoms with Crippen LogP contribution in [0.25, 0.3) is 0 Å². The van der Waals surface area contributed by atoms with E-state index >= 15 is 0 Å². The van der Waals surface area contributed by atoms with Crippen LogP contribution in [0.15, 0.2) is 12.1 Å². The fraction of sp³-hybridized carbons (Fsp3) is 0.455. The second-order valence-corrected chi connectivity index (χ2v) is 3.54. The molecular formula is C11H15F2N. The fourth-order valence-corrected chi connectivity index (χ4v) is 1.27. The molecule has 2 N–H and O–H groups in total. The molecule has 14 heavy (non-hydrogen) atoms. The Bertz CT molecular complexity index is 323. The summed E-state index contributed by atoms with van der Waals surface area (Å²) in [5.74, 6) is -1.51. The van der Waals surface area contributed by atoms with Crippen molar-refractivity contribution in [2.24, 2.45) is 5.73 Å². The highest BCUT2D eigenvalue weighted by Gasteiger charge is 2.12. The van der Waals surface area contributed by atoms with Crippen molar-refractivity contribution in [3.63, 3.8) is 0 Å². The maximum Gasteiger partial charge on any atom is 0.162 e. The van der Waals surface area contributed by atoms with Crippen LogP contribution in [0.1, 0.15) is 24.5 Å². The molecule has 1 unspecified atom stereocenters. The second kappa shape index (κ2) is 4.51. The minimum atomic E-state index is -0.759. The van der Waals surface area contributed by atoms with Crippen LogP contribution in [-0.2, 0) is 6.42 Å². The van der Waals surface area contributed by atoms with Gasteiger partial charge < -0.3 is 5.73 Å². The maximum atomic E-state index is 13.3. The first kappa shape index (κ1) is 11.1. The van der Waals surface area contributed by atoms with Gasteiger partial charge in [0, 0.05) is 6.04 Å². The second-order valence-electron chi connectivity index (χ2n) is 3.54. The Balaban J connectivity index is 2.94. The van der Waals surface area contributed by atoms with Crippen molar-refractivity contribution in [3.05, 3.63) is 34.9 Å². The molecule has 0 aromatic heterocycles. The number of hydrogen-bond donors (Lipinski definition) is 1. The van der Waals surface area contributed by atoms with Crippen LogP contribution in [0.4, 0.5) is 8.78 Å². The van der Waals surface area contributed by atoms with Crippen LogP contribution in [-0.4, -0.2) is 6.04 Å². The van der Waals surface area contributed by atoms with E-state index in [1.807, 2.05) is 6.92 Å². The van der Waals surface area contributed by atoms with Crippen LogP contribution < -0.4 is 5.73 Å². The van der Waals surface area contributed by atoms with E-state index in [4.69, 9.17) is 5.73 Å². The predicted molar refractivity (Wildman–Crippen MR) is 53.1 cm³/mol. The SMILES string of the molecule is CCC(N)Cc1ccc(C)c(F)c1F. The zero-order valence-electron chi connectivity index (χ0n) is 8.48. The van der Waals surface area contributed by atoms with Gasteiger partial charge in [0.15, 0.2) is 11.6 Å². The minimum absolute atomic E-state index is 0.105. The average Bonchev–Trinajstić information content (AvgIpc) is 2.19. The molecule has 0 saturated heterocycles. The van der Waals surface area contributed by atoms with Crippen molar-refractivity contribution in [1.82, 2.24) is 0 Å². The number of halogens is 2. The summed E-state index contributed by atoms with van der Waals surface area (Å²) in [5, 5.41) is 0.